The number of methoxy groups -OCH3 is 2. The zero-order valence-corrected chi connectivity index (χ0v) is 13.9. The van der Waals surface area contributed by atoms with Gasteiger partial charge in [0.1, 0.15) is 0 Å². The van der Waals surface area contributed by atoms with Crippen LogP contribution in [0.5, 0.6) is 11.5 Å². The maximum atomic E-state index is 5.42. The summed E-state index contributed by atoms with van der Waals surface area (Å²) in [5.41, 5.74) is 2.03. The van der Waals surface area contributed by atoms with Gasteiger partial charge in [0.2, 0.25) is 0 Å². The molecular weight excluding hydrogens is 292 g/mol. The Kier molecular flexibility index (Phi) is 4.99. The molecule has 1 unspecified atom stereocenters. The zero-order chi connectivity index (χ0) is 14.7. The highest BCUT2D eigenvalue weighted by molar-refractivity contribution is 7.99. The molecule has 0 saturated heterocycles. The predicted molar refractivity (Wildman–Crippen MR) is 87.8 cm³/mol. The summed E-state index contributed by atoms with van der Waals surface area (Å²) < 4.78 is 13.5. The lowest BCUT2D eigenvalue weighted by Crippen LogP contribution is -2.04. The van der Waals surface area contributed by atoms with Crippen LogP contribution in [0.4, 0.5) is 0 Å². The van der Waals surface area contributed by atoms with E-state index in [-0.39, 0.29) is 0 Å². The van der Waals surface area contributed by atoms with Crippen molar-refractivity contribution >= 4 is 35.0 Å². The molecule has 6 heteroatoms. The molecule has 0 aliphatic rings. The Hall–Kier alpha value is -1.14. The maximum Gasteiger partial charge on any atom is 0.178 e. The van der Waals surface area contributed by atoms with Crippen LogP contribution in [-0.4, -0.2) is 35.3 Å². The van der Waals surface area contributed by atoms with Gasteiger partial charge in [-0.15, -0.1) is 0 Å². The van der Waals surface area contributed by atoms with Gasteiger partial charge in [0.15, 0.2) is 16.3 Å². The molecule has 0 aliphatic heterocycles. The van der Waals surface area contributed by atoms with Crippen molar-refractivity contribution in [3.05, 3.63) is 16.9 Å². The van der Waals surface area contributed by atoms with E-state index in [0.29, 0.717) is 11.0 Å². The number of H-pyrrole nitrogens is 1. The Morgan fingerprint density at radius 2 is 1.95 bits per heavy atom. The average molecular weight is 312 g/mol. The molecule has 1 aromatic carbocycles. The zero-order valence-electron chi connectivity index (χ0n) is 12.2. The van der Waals surface area contributed by atoms with Crippen molar-refractivity contribution < 1.29 is 9.47 Å². The fourth-order valence-electron chi connectivity index (χ4n) is 2.13. The number of thioether (sulfide) groups is 1. The van der Waals surface area contributed by atoms with E-state index in [2.05, 4.69) is 22.7 Å². The summed E-state index contributed by atoms with van der Waals surface area (Å²) in [5, 5.41) is 0.613. The lowest BCUT2D eigenvalue weighted by atomic mass is 10.2. The van der Waals surface area contributed by atoms with Crippen LogP contribution in [-0.2, 0) is 6.54 Å². The van der Waals surface area contributed by atoms with Crippen molar-refractivity contribution in [3.63, 3.8) is 0 Å². The average Bonchev–Trinajstić information content (AvgIpc) is 2.77. The summed E-state index contributed by atoms with van der Waals surface area (Å²) in [4.78, 5) is 3.23. The third-order valence-corrected chi connectivity index (χ3v) is 4.80. The van der Waals surface area contributed by atoms with E-state index in [1.54, 1.807) is 14.2 Å². The van der Waals surface area contributed by atoms with Gasteiger partial charge in [-0.2, -0.15) is 11.8 Å². The lowest BCUT2D eigenvalue weighted by Gasteiger charge is -2.11. The van der Waals surface area contributed by atoms with Crippen LogP contribution in [0.25, 0.3) is 11.0 Å². The summed E-state index contributed by atoms with van der Waals surface area (Å²) >= 11 is 7.29. The number of aromatic nitrogens is 2. The van der Waals surface area contributed by atoms with Crippen LogP contribution in [0.15, 0.2) is 12.1 Å². The minimum absolute atomic E-state index is 0.613. The molecular formula is C14H20N2O2S2. The number of nitrogens with one attached hydrogen (secondary N) is 1. The molecule has 0 saturated carbocycles. The molecule has 0 bridgehead atoms. The van der Waals surface area contributed by atoms with E-state index in [4.69, 9.17) is 21.7 Å². The van der Waals surface area contributed by atoms with Gasteiger partial charge in [-0.1, -0.05) is 6.92 Å². The normalized spacial score (nSPS) is 12.6. The van der Waals surface area contributed by atoms with Gasteiger partial charge in [0.25, 0.3) is 0 Å². The SMILES string of the molecule is COc1cc2[nH]c(=S)n(CCC(C)SC)c2cc1OC. The maximum absolute atomic E-state index is 5.42. The highest BCUT2D eigenvalue weighted by atomic mass is 32.2. The first-order valence-corrected chi connectivity index (χ1v) is 8.17. The van der Waals surface area contributed by atoms with Crippen molar-refractivity contribution in [1.82, 2.24) is 9.55 Å². The molecule has 20 heavy (non-hydrogen) atoms. The second kappa shape index (κ2) is 6.54. The molecule has 0 fully saturated rings. The van der Waals surface area contributed by atoms with Gasteiger partial charge < -0.3 is 19.0 Å². The quantitative estimate of drug-likeness (QED) is 0.822. The van der Waals surface area contributed by atoms with Crippen LogP contribution >= 0.6 is 24.0 Å². The number of imidazole rings is 1. The minimum Gasteiger partial charge on any atom is -0.493 e. The Morgan fingerprint density at radius 1 is 1.30 bits per heavy atom. The minimum atomic E-state index is 0.613. The molecule has 1 atom stereocenters. The first-order chi connectivity index (χ1) is 9.60. The molecule has 2 rings (SSSR count). The van der Waals surface area contributed by atoms with Gasteiger partial charge in [-0.3, -0.25) is 0 Å². The molecule has 1 heterocycles. The van der Waals surface area contributed by atoms with Crippen LogP contribution in [0.3, 0.4) is 0 Å². The highest BCUT2D eigenvalue weighted by Crippen LogP contribution is 2.32. The van der Waals surface area contributed by atoms with E-state index in [1.165, 1.54) is 0 Å². The Labute approximate surface area is 128 Å². The molecule has 0 radical (unpaired) electrons. The van der Waals surface area contributed by atoms with Crippen molar-refractivity contribution in [2.75, 3.05) is 20.5 Å². The second-order valence-corrected chi connectivity index (χ2v) is 6.30. The summed E-state index contributed by atoms with van der Waals surface area (Å²) in [6.07, 6.45) is 3.21. The van der Waals surface area contributed by atoms with Crippen LogP contribution < -0.4 is 9.47 Å². The van der Waals surface area contributed by atoms with Crippen LogP contribution in [0.2, 0.25) is 0 Å². The Balaban J connectivity index is 2.44. The number of ether oxygens (including phenoxy) is 2. The molecule has 0 aliphatic carbocycles. The molecule has 0 spiro atoms. The largest absolute Gasteiger partial charge is 0.493 e. The van der Waals surface area contributed by atoms with Gasteiger partial charge >= 0.3 is 0 Å². The Bertz CT molecular complexity index is 648. The molecule has 4 nitrogen and oxygen atoms in total. The third-order valence-electron chi connectivity index (χ3n) is 3.44. The fourth-order valence-corrected chi connectivity index (χ4v) is 2.78. The topological polar surface area (TPSA) is 39.2 Å². The van der Waals surface area contributed by atoms with Crippen LogP contribution in [0.1, 0.15) is 13.3 Å². The van der Waals surface area contributed by atoms with Crippen molar-refractivity contribution in [1.29, 1.82) is 0 Å². The summed E-state index contributed by atoms with van der Waals surface area (Å²) in [5.74, 6) is 1.43. The second-order valence-electron chi connectivity index (χ2n) is 4.64. The third kappa shape index (κ3) is 2.96. The number of benzene rings is 1. The predicted octanol–water partition coefficient (Wildman–Crippen LogP) is 3.86. The first kappa shape index (κ1) is 15.3. The first-order valence-electron chi connectivity index (χ1n) is 6.48. The highest BCUT2D eigenvalue weighted by Gasteiger charge is 2.11. The van der Waals surface area contributed by atoms with Crippen molar-refractivity contribution in [2.45, 2.75) is 25.1 Å². The van der Waals surface area contributed by atoms with E-state index in [9.17, 15) is 0 Å². The van der Waals surface area contributed by atoms with Crippen molar-refractivity contribution in [2.24, 2.45) is 0 Å². The van der Waals surface area contributed by atoms with Crippen LogP contribution in [0, 0.1) is 4.77 Å². The van der Waals surface area contributed by atoms with E-state index >= 15 is 0 Å². The number of fused-ring (bicyclic) bond motifs is 1. The van der Waals surface area contributed by atoms with Gasteiger partial charge in [0, 0.05) is 23.9 Å². The number of hydrogen-bond acceptors (Lipinski definition) is 4. The van der Waals surface area contributed by atoms with Crippen molar-refractivity contribution in [3.8, 4) is 11.5 Å². The lowest BCUT2D eigenvalue weighted by molar-refractivity contribution is 0.355. The fraction of sp³-hybridized carbons (Fsp3) is 0.500. The van der Waals surface area contributed by atoms with E-state index in [0.717, 1.165) is 34.5 Å². The molecule has 0 amide bonds. The van der Waals surface area contributed by atoms with Gasteiger partial charge in [0.05, 0.1) is 25.3 Å². The number of rotatable bonds is 6. The smallest absolute Gasteiger partial charge is 0.178 e. The molecule has 2 aromatic rings. The number of nitrogens with zero attached hydrogens (tertiary/aromatic N) is 1. The van der Waals surface area contributed by atoms with E-state index < -0.39 is 0 Å². The summed E-state index contributed by atoms with van der Waals surface area (Å²) in [6, 6.07) is 3.91. The number of aryl methyl sites for hydroxylation is 1. The van der Waals surface area contributed by atoms with E-state index in [1.807, 2.05) is 23.9 Å². The number of hydrogen-bond donors (Lipinski definition) is 1. The summed E-state index contributed by atoms with van der Waals surface area (Å²) in [6.45, 7) is 3.13. The Morgan fingerprint density at radius 3 is 2.55 bits per heavy atom. The monoisotopic (exact) mass is 312 g/mol. The van der Waals surface area contributed by atoms with Gasteiger partial charge in [-0.25, -0.2) is 0 Å². The standard InChI is InChI=1S/C14H20N2O2S2/c1-9(20-4)5-6-16-11-8-13(18-3)12(17-2)7-10(11)15-14(16)19/h7-9H,5-6H2,1-4H3,(H,15,19). The molecule has 1 aromatic heterocycles. The number of aromatic amines is 1. The molecule has 1 N–H and O–H groups in total. The summed E-state index contributed by atoms with van der Waals surface area (Å²) in [7, 11) is 3.28. The molecule has 110 valence electrons. The van der Waals surface area contributed by atoms with Gasteiger partial charge in [-0.05, 0) is 24.9 Å².